The van der Waals surface area contributed by atoms with E-state index >= 15 is 0 Å². The topological polar surface area (TPSA) is 124 Å². The Labute approximate surface area is 205 Å². The van der Waals surface area contributed by atoms with E-state index in [0.717, 1.165) is 21.0 Å². The Hall–Kier alpha value is -1.23. The predicted molar refractivity (Wildman–Crippen MR) is 132 cm³/mol. The highest BCUT2D eigenvalue weighted by Gasteiger charge is 2.39. The third-order valence-corrected chi connectivity index (χ3v) is 7.93. The molecule has 0 unspecified atom stereocenters. The van der Waals surface area contributed by atoms with E-state index in [9.17, 15) is 28.5 Å². The van der Waals surface area contributed by atoms with Crippen LogP contribution in [0.4, 0.5) is 0 Å². The van der Waals surface area contributed by atoms with Gasteiger partial charge in [0.05, 0.1) is 29.6 Å². The van der Waals surface area contributed by atoms with Crippen molar-refractivity contribution in [2.75, 3.05) is 6.26 Å². The third-order valence-electron chi connectivity index (χ3n) is 5.71. The molecule has 0 saturated heterocycles. The van der Waals surface area contributed by atoms with Crippen LogP contribution in [0.1, 0.15) is 48.3 Å². The first kappa shape index (κ1) is 28.0. The number of hydrogen-bond acceptors (Lipinski definition) is 7. The molecule has 1 aromatic rings. The van der Waals surface area contributed by atoms with Gasteiger partial charge in [0.1, 0.15) is 0 Å². The lowest BCUT2D eigenvalue weighted by molar-refractivity contribution is -0.119. The van der Waals surface area contributed by atoms with Gasteiger partial charge in [-0.2, -0.15) is 0 Å². The number of aryl methyl sites for hydroxylation is 2. The Morgan fingerprint density at radius 3 is 2.70 bits per heavy atom. The number of rotatable bonds is 12. The van der Waals surface area contributed by atoms with Crippen molar-refractivity contribution in [3.63, 3.8) is 0 Å². The summed E-state index contributed by atoms with van der Waals surface area (Å²) in [4.78, 5) is 13.7. The monoisotopic (exact) mass is 519 g/mol. The first-order chi connectivity index (χ1) is 15.5. The van der Waals surface area contributed by atoms with Crippen LogP contribution in [-0.2, 0) is 21.2 Å². The molecule has 33 heavy (non-hydrogen) atoms. The molecule has 186 valence electrons. The van der Waals surface area contributed by atoms with E-state index < -0.39 is 34.2 Å². The molecule has 5 atom stereocenters. The highest BCUT2D eigenvalue weighted by Crippen LogP contribution is 2.36. The molecular weight excluding hydrogens is 486 g/mol. The maximum absolute atomic E-state index is 11.5. The molecule has 0 aromatic carbocycles. The van der Waals surface area contributed by atoms with Gasteiger partial charge in [-0.1, -0.05) is 35.9 Å². The molecule has 0 radical (unpaired) electrons. The molecule has 0 bridgehead atoms. The third kappa shape index (κ3) is 9.88. The second-order valence-electron chi connectivity index (χ2n) is 8.62. The van der Waals surface area contributed by atoms with Crippen LogP contribution < -0.4 is 4.72 Å². The van der Waals surface area contributed by atoms with Crippen LogP contribution in [0.5, 0.6) is 0 Å². The summed E-state index contributed by atoms with van der Waals surface area (Å²) >= 11 is 7.70. The molecule has 2 rings (SSSR count). The zero-order chi connectivity index (χ0) is 24.6. The smallest absolute Gasteiger partial charge is 0.233 e. The summed E-state index contributed by atoms with van der Waals surface area (Å²) in [6.45, 7) is 1.96. The number of hydrogen-bond donors (Lipinski definition) is 4. The Bertz CT molecular complexity index is 923. The van der Waals surface area contributed by atoms with Crippen LogP contribution in [0.15, 0.2) is 30.4 Å². The zero-order valence-corrected chi connectivity index (χ0v) is 21.4. The number of thiophene rings is 1. The predicted octanol–water partition coefficient (Wildman–Crippen LogP) is 3.11. The molecule has 4 N–H and O–H groups in total. The highest BCUT2D eigenvalue weighted by atomic mass is 35.5. The molecule has 7 nitrogen and oxygen atoms in total. The van der Waals surface area contributed by atoms with Crippen molar-refractivity contribution in [1.29, 1.82) is 0 Å². The van der Waals surface area contributed by atoms with Crippen LogP contribution in [0, 0.1) is 18.8 Å². The van der Waals surface area contributed by atoms with Crippen molar-refractivity contribution >= 4 is 38.9 Å². The summed E-state index contributed by atoms with van der Waals surface area (Å²) in [7, 11) is -3.53. The molecule has 1 aromatic heterocycles. The summed E-state index contributed by atoms with van der Waals surface area (Å²) in [6.07, 6.45) is 9.68. The van der Waals surface area contributed by atoms with E-state index in [2.05, 4.69) is 0 Å². The number of aliphatic hydroxyl groups is 3. The molecule has 1 aliphatic carbocycles. The maximum atomic E-state index is 11.5. The fourth-order valence-corrected chi connectivity index (χ4v) is 5.77. The number of carbonyl (C=O) groups excluding carboxylic acids is 1. The molecule has 1 saturated carbocycles. The lowest BCUT2D eigenvalue weighted by Gasteiger charge is -2.19. The Morgan fingerprint density at radius 2 is 2.06 bits per heavy atom. The van der Waals surface area contributed by atoms with Crippen molar-refractivity contribution in [2.24, 2.45) is 11.8 Å². The average Bonchev–Trinajstić information content (AvgIpc) is 3.17. The SMILES string of the molecule is Cc1sc(CC[C@H](O)/C=C/[C@@H]2[C@@H](C/C=C\CCCC(=O)NS(C)(=O)=O)[C@@H](O)C[C@H]2O)cc1Cl. The summed E-state index contributed by atoms with van der Waals surface area (Å²) < 4.78 is 23.9. The fraction of sp³-hybridized carbons (Fsp3) is 0.609. The molecule has 1 amide bonds. The maximum Gasteiger partial charge on any atom is 0.233 e. The molecule has 0 aliphatic heterocycles. The molecule has 1 fully saturated rings. The van der Waals surface area contributed by atoms with Gasteiger partial charge in [-0.05, 0) is 51.0 Å². The van der Waals surface area contributed by atoms with Gasteiger partial charge in [-0.3, -0.25) is 9.52 Å². The van der Waals surface area contributed by atoms with E-state index in [4.69, 9.17) is 11.6 Å². The lowest BCUT2D eigenvalue weighted by Crippen LogP contribution is -2.28. The number of allylic oxidation sites excluding steroid dienone is 2. The van der Waals surface area contributed by atoms with Gasteiger partial charge in [0.25, 0.3) is 0 Å². The number of carbonyl (C=O) groups is 1. The molecule has 1 heterocycles. The van der Waals surface area contributed by atoms with Gasteiger partial charge in [0.15, 0.2) is 0 Å². The van der Waals surface area contributed by atoms with Crippen LogP contribution in [-0.4, -0.2) is 54.2 Å². The van der Waals surface area contributed by atoms with E-state index in [1.54, 1.807) is 17.4 Å². The van der Waals surface area contributed by atoms with E-state index in [0.29, 0.717) is 38.5 Å². The molecule has 10 heteroatoms. The largest absolute Gasteiger partial charge is 0.393 e. The van der Waals surface area contributed by atoms with Gasteiger partial charge < -0.3 is 15.3 Å². The Balaban J connectivity index is 1.79. The minimum atomic E-state index is -3.53. The van der Waals surface area contributed by atoms with Crippen LogP contribution >= 0.6 is 22.9 Å². The Kier molecular flexibility index (Phi) is 11.0. The van der Waals surface area contributed by atoms with Crippen LogP contribution in [0.3, 0.4) is 0 Å². The first-order valence-electron chi connectivity index (χ1n) is 11.1. The van der Waals surface area contributed by atoms with E-state index in [1.165, 1.54) is 0 Å². The minimum absolute atomic E-state index is 0.114. The van der Waals surface area contributed by atoms with E-state index in [1.807, 2.05) is 35.9 Å². The number of halogens is 1. The Morgan fingerprint density at radius 1 is 1.33 bits per heavy atom. The fourth-order valence-electron chi connectivity index (χ4n) is 4.00. The van der Waals surface area contributed by atoms with Crippen molar-refractivity contribution in [3.05, 3.63) is 45.1 Å². The summed E-state index contributed by atoms with van der Waals surface area (Å²) in [5.74, 6) is -0.938. The number of sulfonamides is 1. The zero-order valence-electron chi connectivity index (χ0n) is 19.0. The van der Waals surface area contributed by atoms with Gasteiger partial charge in [0.2, 0.25) is 15.9 Å². The molecule has 0 spiro atoms. The first-order valence-corrected chi connectivity index (χ1v) is 14.2. The lowest BCUT2D eigenvalue weighted by atomic mass is 9.89. The number of unbranched alkanes of at least 4 members (excludes halogenated alkanes) is 1. The van der Waals surface area contributed by atoms with Crippen molar-refractivity contribution in [1.82, 2.24) is 4.72 Å². The summed E-state index contributed by atoms with van der Waals surface area (Å²) in [5, 5.41) is 31.8. The highest BCUT2D eigenvalue weighted by molar-refractivity contribution is 7.89. The summed E-state index contributed by atoms with van der Waals surface area (Å²) in [5.41, 5.74) is 0. The summed E-state index contributed by atoms with van der Waals surface area (Å²) in [6, 6.07) is 1.93. The van der Waals surface area contributed by atoms with Gasteiger partial charge >= 0.3 is 0 Å². The quantitative estimate of drug-likeness (QED) is 0.248. The number of amides is 1. The minimum Gasteiger partial charge on any atom is -0.393 e. The second-order valence-corrected chi connectivity index (χ2v) is 12.1. The van der Waals surface area contributed by atoms with Crippen molar-refractivity contribution in [2.45, 2.75) is 70.2 Å². The van der Waals surface area contributed by atoms with Crippen molar-refractivity contribution < 1.29 is 28.5 Å². The average molecular weight is 520 g/mol. The normalized spacial score (nSPS) is 24.7. The van der Waals surface area contributed by atoms with Gasteiger partial charge in [0, 0.05) is 28.5 Å². The van der Waals surface area contributed by atoms with E-state index in [-0.39, 0.29) is 18.3 Å². The van der Waals surface area contributed by atoms with Crippen LogP contribution in [0.25, 0.3) is 0 Å². The number of aliphatic hydroxyl groups excluding tert-OH is 3. The van der Waals surface area contributed by atoms with Crippen LogP contribution in [0.2, 0.25) is 5.02 Å². The van der Waals surface area contributed by atoms with Gasteiger partial charge in [-0.25, -0.2) is 8.42 Å². The van der Waals surface area contributed by atoms with Crippen molar-refractivity contribution in [3.8, 4) is 0 Å². The molecule has 1 aliphatic rings. The second kappa shape index (κ2) is 13.0. The van der Waals surface area contributed by atoms with Gasteiger partial charge in [-0.15, -0.1) is 11.3 Å². The molecular formula is C23H34ClNO6S2. The standard InChI is InChI=1S/C23H34ClNO6S2/c1-15-20(24)13-17(32-15)11-9-16(26)10-12-19-18(21(27)14-22(19)28)7-5-3-4-6-8-23(29)25-33(2,30)31/h3,5,10,12-13,16,18-19,21-22,26-28H,4,6-9,11,14H2,1-2H3,(H,25,29)/b5-3-,12-10+/t16-,18+,19+,21-,22+/m0/s1. The number of nitrogens with one attached hydrogen (secondary N) is 1.